The van der Waals surface area contributed by atoms with Gasteiger partial charge in [-0.25, -0.2) is 9.78 Å². The van der Waals surface area contributed by atoms with Gasteiger partial charge in [0.25, 0.3) is 0 Å². The van der Waals surface area contributed by atoms with Gasteiger partial charge in [-0.15, -0.1) is 11.3 Å². The van der Waals surface area contributed by atoms with Crippen LogP contribution in [0.1, 0.15) is 21.1 Å². The predicted molar refractivity (Wildman–Crippen MR) is 95.5 cm³/mol. The number of aromatic nitrogens is 1. The van der Waals surface area contributed by atoms with Crippen molar-refractivity contribution in [1.29, 1.82) is 0 Å². The molecule has 7 heteroatoms. The first kappa shape index (κ1) is 16.4. The van der Waals surface area contributed by atoms with Crippen molar-refractivity contribution in [3.63, 3.8) is 0 Å². The second-order valence-corrected chi connectivity index (χ2v) is 7.92. The van der Waals surface area contributed by atoms with Crippen molar-refractivity contribution in [2.45, 2.75) is 13.5 Å². The molecule has 0 aliphatic rings. The van der Waals surface area contributed by atoms with Crippen LogP contribution in [-0.2, 0) is 11.3 Å². The number of hydrogen-bond acceptors (Lipinski definition) is 5. The monoisotopic (exact) mass is 455 g/mol. The Morgan fingerprint density at radius 1 is 1.30 bits per heavy atom. The number of benzene rings is 1. The van der Waals surface area contributed by atoms with Crippen LogP contribution in [-0.4, -0.2) is 11.0 Å². The number of oxazole rings is 1. The van der Waals surface area contributed by atoms with Crippen LogP contribution in [0.15, 0.2) is 49.1 Å². The van der Waals surface area contributed by atoms with E-state index >= 15 is 0 Å². The molecular weight excluding hydrogens is 446 g/mol. The highest BCUT2D eigenvalue weighted by molar-refractivity contribution is 9.13. The first-order valence-corrected chi connectivity index (χ1v) is 9.08. The Balaban J connectivity index is 1.71. The third-order valence-corrected chi connectivity index (χ3v) is 6.34. The number of aryl methyl sites for hydroxylation is 1. The van der Waals surface area contributed by atoms with Gasteiger partial charge >= 0.3 is 5.97 Å². The molecular formula is C16H11Br2NO3S. The lowest BCUT2D eigenvalue weighted by molar-refractivity contribution is 0.0472. The zero-order chi connectivity index (χ0) is 16.4. The molecule has 0 aliphatic heterocycles. The van der Waals surface area contributed by atoms with E-state index in [1.54, 1.807) is 13.0 Å². The largest absolute Gasteiger partial charge is 0.455 e. The normalized spacial score (nSPS) is 10.7. The minimum atomic E-state index is -0.384. The van der Waals surface area contributed by atoms with E-state index < -0.39 is 0 Å². The fourth-order valence-electron chi connectivity index (χ4n) is 1.92. The van der Waals surface area contributed by atoms with Gasteiger partial charge in [-0.2, -0.15) is 0 Å². The van der Waals surface area contributed by atoms with Gasteiger partial charge in [-0.3, -0.25) is 0 Å². The number of carbonyl (C=O) groups is 1. The Bertz CT molecular complexity index is 823. The van der Waals surface area contributed by atoms with E-state index in [0.717, 1.165) is 13.8 Å². The average Bonchev–Trinajstić information content (AvgIpc) is 3.09. The van der Waals surface area contributed by atoms with Gasteiger partial charge in [-0.1, -0.05) is 18.2 Å². The SMILES string of the molecule is Cc1oc(-c2ccccc2)nc1COC(=O)c1cc(Br)c(Br)s1. The van der Waals surface area contributed by atoms with E-state index in [9.17, 15) is 4.79 Å². The van der Waals surface area contributed by atoms with Gasteiger partial charge in [0.1, 0.15) is 22.9 Å². The van der Waals surface area contributed by atoms with Gasteiger partial charge in [0.05, 0.1) is 3.79 Å². The number of thiophene rings is 1. The van der Waals surface area contributed by atoms with Gasteiger partial charge in [0.2, 0.25) is 5.89 Å². The van der Waals surface area contributed by atoms with E-state index in [-0.39, 0.29) is 12.6 Å². The molecule has 0 aliphatic carbocycles. The third-order valence-electron chi connectivity index (χ3n) is 3.10. The molecule has 3 aromatic rings. The summed E-state index contributed by atoms with van der Waals surface area (Å²) in [4.78, 5) is 17.0. The summed E-state index contributed by atoms with van der Waals surface area (Å²) in [6.45, 7) is 1.88. The molecule has 0 spiro atoms. The van der Waals surface area contributed by atoms with Crippen LogP contribution in [0.3, 0.4) is 0 Å². The quantitative estimate of drug-likeness (QED) is 0.480. The van der Waals surface area contributed by atoms with E-state index in [4.69, 9.17) is 9.15 Å². The lowest BCUT2D eigenvalue weighted by atomic mass is 10.2. The summed E-state index contributed by atoms with van der Waals surface area (Å²) in [5.41, 5.74) is 1.51. The highest BCUT2D eigenvalue weighted by Crippen LogP contribution is 2.33. The number of halogens is 2. The van der Waals surface area contributed by atoms with Crippen molar-refractivity contribution in [3.05, 3.63) is 61.0 Å². The number of carbonyl (C=O) groups excluding carboxylic acids is 1. The summed E-state index contributed by atoms with van der Waals surface area (Å²) in [7, 11) is 0. The van der Waals surface area contributed by atoms with Crippen LogP contribution in [0.25, 0.3) is 11.5 Å². The first-order chi connectivity index (χ1) is 11.0. The van der Waals surface area contributed by atoms with Crippen LogP contribution in [0, 0.1) is 6.92 Å². The van der Waals surface area contributed by atoms with Gasteiger partial charge < -0.3 is 9.15 Å². The van der Waals surface area contributed by atoms with Gasteiger partial charge in [-0.05, 0) is 57.0 Å². The maximum atomic E-state index is 12.1. The Labute approximate surface area is 153 Å². The van der Waals surface area contributed by atoms with Crippen molar-refractivity contribution in [2.75, 3.05) is 0 Å². The fraction of sp³-hybridized carbons (Fsp3) is 0.125. The summed E-state index contributed by atoms with van der Waals surface area (Å²) < 4.78 is 12.7. The second-order valence-electron chi connectivity index (χ2n) is 4.70. The highest BCUT2D eigenvalue weighted by atomic mass is 79.9. The molecule has 1 aromatic carbocycles. The smallest absolute Gasteiger partial charge is 0.348 e. The summed E-state index contributed by atoms with van der Waals surface area (Å²) in [5, 5.41) is 0. The molecule has 3 rings (SSSR count). The minimum absolute atomic E-state index is 0.0775. The molecule has 2 aromatic heterocycles. The lowest BCUT2D eigenvalue weighted by Gasteiger charge is -2.00. The molecule has 23 heavy (non-hydrogen) atoms. The first-order valence-electron chi connectivity index (χ1n) is 6.68. The second kappa shape index (κ2) is 6.98. The van der Waals surface area contributed by atoms with E-state index in [1.165, 1.54) is 11.3 Å². The van der Waals surface area contributed by atoms with Crippen LogP contribution < -0.4 is 0 Å². The summed E-state index contributed by atoms with van der Waals surface area (Å²) >= 11 is 8.02. The molecule has 2 heterocycles. The predicted octanol–water partition coefficient (Wildman–Crippen LogP) is 5.59. The fourth-order valence-corrected chi connectivity index (χ4v) is 3.85. The Morgan fingerprint density at radius 3 is 2.70 bits per heavy atom. The maximum Gasteiger partial charge on any atom is 0.348 e. The summed E-state index contributed by atoms with van der Waals surface area (Å²) in [6.07, 6.45) is 0. The van der Waals surface area contributed by atoms with Gasteiger partial charge in [0.15, 0.2) is 0 Å². The number of hydrogen-bond donors (Lipinski definition) is 0. The maximum absolute atomic E-state index is 12.1. The van der Waals surface area contributed by atoms with E-state index in [0.29, 0.717) is 22.2 Å². The van der Waals surface area contributed by atoms with Crippen molar-refractivity contribution in [3.8, 4) is 11.5 Å². The molecule has 0 saturated carbocycles. The summed E-state index contributed by atoms with van der Waals surface area (Å²) in [6, 6.07) is 11.3. The number of esters is 1. The molecule has 4 nitrogen and oxygen atoms in total. The summed E-state index contributed by atoms with van der Waals surface area (Å²) in [5.74, 6) is 0.783. The standard InChI is InChI=1S/C16H11Br2NO3S/c1-9-12(19-15(22-9)10-5-3-2-4-6-10)8-21-16(20)13-7-11(17)14(18)23-13/h2-7H,8H2,1H3. The van der Waals surface area contributed by atoms with Crippen molar-refractivity contribution < 1.29 is 13.9 Å². The van der Waals surface area contributed by atoms with Crippen molar-refractivity contribution in [1.82, 2.24) is 4.98 Å². The molecule has 0 bridgehead atoms. The van der Waals surface area contributed by atoms with Crippen LogP contribution in [0.2, 0.25) is 0 Å². The molecule has 0 saturated heterocycles. The Kier molecular flexibility index (Phi) is 4.99. The molecule has 0 unspecified atom stereocenters. The Morgan fingerprint density at radius 2 is 2.04 bits per heavy atom. The number of rotatable bonds is 4. The molecule has 0 radical (unpaired) electrons. The topological polar surface area (TPSA) is 52.3 Å². The van der Waals surface area contributed by atoms with Crippen LogP contribution >= 0.6 is 43.2 Å². The molecule has 0 atom stereocenters. The van der Waals surface area contributed by atoms with E-state index in [2.05, 4.69) is 36.8 Å². The van der Waals surface area contributed by atoms with Gasteiger partial charge in [0, 0.05) is 10.0 Å². The average molecular weight is 457 g/mol. The third kappa shape index (κ3) is 3.73. The van der Waals surface area contributed by atoms with Crippen LogP contribution in [0.5, 0.6) is 0 Å². The molecule has 0 fully saturated rings. The number of nitrogens with zero attached hydrogens (tertiary/aromatic N) is 1. The molecule has 0 N–H and O–H groups in total. The van der Waals surface area contributed by atoms with Crippen LogP contribution in [0.4, 0.5) is 0 Å². The number of ether oxygens (including phenoxy) is 1. The zero-order valence-corrected chi connectivity index (χ0v) is 16.0. The molecule has 118 valence electrons. The lowest BCUT2D eigenvalue weighted by Crippen LogP contribution is -2.04. The van der Waals surface area contributed by atoms with E-state index in [1.807, 2.05) is 30.3 Å². The zero-order valence-electron chi connectivity index (χ0n) is 12.0. The minimum Gasteiger partial charge on any atom is -0.455 e. The Hall–Kier alpha value is -1.44. The van der Waals surface area contributed by atoms with Crippen molar-refractivity contribution in [2.24, 2.45) is 0 Å². The van der Waals surface area contributed by atoms with Crippen molar-refractivity contribution >= 4 is 49.2 Å². The highest BCUT2D eigenvalue weighted by Gasteiger charge is 2.16. The molecule has 0 amide bonds.